The number of hydrogen-bond donors (Lipinski definition) is 1. The average Bonchev–Trinajstić information content (AvgIpc) is 2.53. The molecule has 0 spiro atoms. The van der Waals surface area contributed by atoms with Crippen LogP contribution in [0, 0.1) is 5.82 Å². The summed E-state index contributed by atoms with van der Waals surface area (Å²) < 4.78 is 42.7. The molecule has 1 amide bonds. The summed E-state index contributed by atoms with van der Waals surface area (Å²) in [5.41, 5.74) is 2.12. The van der Waals surface area contributed by atoms with Crippen molar-refractivity contribution in [3.8, 4) is 16.9 Å². The fourth-order valence-corrected chi connectivity index (χ4v) is 2.77. The molecule has 0 aliphatic carbocycles. The molecule has 3 rings (SSSR count). The number of hydrogen-bond acceptors (Lipinski definition) is 3. The molecule has 0 bridgehead atoms. The van der Waals surface area contributed by atoms with Gasteiger partial charge in [-0.05, 0) is 49.2 Å². The normalized spacial score (nSPS) is 13.9. The molecule has 1 heterocycles. The number of carbonyl (C=O) groups excluding carboxylic acids is 1. The number of amides is 1. The van der Waals surface area contributed by atoms with Crippen LogP contribution in [0.2, 0.25) is 0 Å². The van der Waals surface area contributed by atoms with Crippen molar-refractivity contribution in [2.75, 3.05) is 12.0 Å². The van der Waals surface area contributed by atoms with E-state index in [-0.39, 0.29) is 17.7 Å². The van der Waals surface area contributed by atoms with Crippen molar-refractivity contribution in [3.63, 3.8) is 0 Å². The Morgan fingerprint density at radius 3 is 2.56 bits per heavy atom. The van der Waals surface area contributed by atoms with E-state index in [1.165, 1.54) is 12.1 Å². The zero-order valence-corrected chi connectivity index (χ0v) is 13.7. The molecule has 4 nitrogen and oxygen atoms in total. The lowest BCUT2D eigenvalue weighted by Crippen LogP contribution is -2.44. The first-order valence-electron chi connectivity index (χ1n) is 7.80. The molecule has 1 aliphatic rings. The summed E-state index contributed by atoms with van der Waals surface area (Å²) in [5.74, 6) is -1.02. The number of carbonyl (C=O) groups is 1. The molecule has 25 heavy (non-hydrogen) atoms. The molecule has 0 radical (unpaired) electrons. The van der Waals surface area contributed by atoms with E-state index in [1.807, 2.05) is 13.8 Å². The Balaban J connectivity index is 1.96. The number of rotatable bonds is 4. The summed E-state index contributed by atoms with van der Waals surface area (Å²) in [6.07, 6.45) is 0. The largest absolute Gasteiger partial charge is 0.435 e. The minimum absolute atomic E-state index is 0.0603. The maximum atomic E-state index is 13.7. The van der Waals surface area contributed by atoms with Crippen LogP contribution in [-0.2, 0) is 0 Å². The van der Waals surface area contributed by atoms with Crippen LogP contribution in [0.5, 0.6) is 5.75 Å². The van der Waals surface area contributed by atoms with Gasteiger partial charge in [0.15, 0.2) is 0 Å². The number of ether oxygens (including phenoxy) is 1. The third kappa shape index (κ3) is 3.55. The van der Waals surface area contributed by atoms with Crippen LogP contribution in [0.3, 0.4) is 0 Å². The van der Waals surface area contributed by atoms with Gasteiger partial charge in [0.25, 0.3) is 5.91 Å². The number of benzene rings is 2. The molecule has 0 saturated heterocycles. The van der Waals surface area contributed by atoms with Crippen LogP contribution in [-0.4, -0.2) is 30.1 Å². The number of nitrogens with zero attached hydrogens (tertiary/aromatic N) is 1. The molecule has 0 atom stereocenters. The zero-order chi connectivity index (χ0) is 18.1. The topological polar surface area (TPSA) is 41.6 Å². The lowest BCUT2D eigenvalue weighted by Gasteiger charge is -2.33. The summed E-state index contributed by atoms with van der Waals surface area (Å²) >= 11 is 0. The van der Waals surface area contributed by atoms with Crippen LogP contribution in [0.25, 0.3) is 11.1 Å². The van der Waals surface area contributed by atoms with E-state index in [0.29, 0.717) is 29.0 Å². The highest BCUT2D eigenvalue weighted by atomic mass is 19.3. The standard InChI is InChI=1S/C18H17F3N2O2/c1-10(2)23-9-22-16-7-11(3-4-15(16)17(23)24)12-5-13(19)8-14(6-12)25-18(20)21/h3-8,10,18,22H,9H2,1-2H3. The molecule has 132 valence electrons. The number of halogens is 3. The van der Waals surface area contributed by atoms with Gasteiger partial charge in [0, 0.05) is 17.8 Å². The van der Waals surface area contributed by atoms with Gasteiger partial charge in [-0.15, -0.1) is 0 Å². The lowest BCUT2D eigenvalue weighted by atomic mass is 10.00. The summed E-state index contributed by atoms with van der Waals surface area (Å²) in [5, 5.41) is 3.16. The molecule has 2 aromatic rings. The quantitative estimate of drug-likeness (QED) is 0.892. The second-order valence-corrected chi connectivity index (χ2v) is 6.02. The molecule has 0 saturated carbocycles. The molecule has 0 unspecified atom stereocenters. The molecular weight excluding hydrogens is 333 g/mol. The van der Waals surface area contributed by atoms with Crippen molar-refractivity contribution in [2.45, 2.75) is 26.5 Å². The lowest BCUT2D eigenvalue weighted by molar-refractivity contribution is -0.0499. The molecule has 1 N–H and O–H groups in total. The van der Waals surface area contributed by atoms with Crippen LogP contribution < -0.4 is 10.1 Å². The minimum atomic E-state index is -3.03. The van der Waals surface area contributed by atoms with Crippen molar-refractivity contribution in [2.24, 2.45) is 0 Å². The van der Waals surface area contributed by atoms with Gasteiger partial charge in [0.1, 0.15) is 11.6 Å². The van der Waals surface area contributed by atoms with Gasteiger partial charge in [-0.3, -0.25) is 4.79 Å². The van der Waals surface area contributed by atoms with Gasteiger partial charge in [0.05, 0.1) is 12.2 Å². The Hall–Kier alpha value is -2.70. The molecule has 7 heteroatoms. The number of anilines is 1. The maximum absolute atomic E-state index is 13.7. The first kappa shape index (κ1) is 17.1. The average molecular weight is 350 g/mol. The Labute approximate surface area is 143 Å². The van der Waals surface area contributed by atoms with Crippen LogP contribution >= 0.6 is 0 Å². The summed E-state index contributed by atoms with van der Waals surface area (Å²) in [6, 6.07) is 8.52. The second-order valence-electron chi connectivity index (χ2n) is 6.02. The first-order valence-corrected chi connectivity index (χ1v) is 7.80. The van der Waals surface area contributed by atoms with Crippen molar-refractivity contribution in [3.05, 3.63) is 47.8 Å². The molecule has 0 fully saturated rings. The molecule has 2 aromatic carbocycles. The SMILES string of the molecule is CC(C)N1CNc2cc(-c3cc(F)cc(OC(F)F)c3)ccc2C1=O. The fourth-order valence-electron chi connectivity index (χ4n) is 2.77. The highest BCUT2D eigenvalue weighted by Crippen LogP contribution is 2.32. The summed E-state index contributed by atoms with van der Waals surface area (Å²) in [7, 11) is 0. The number of alkyl halides is 2. The van der Waals surface area contributed by atoms with E-state index in [4.69, 9.17) is 0 Å². The van der Waals surface area contributed by atoms with Gasteiger partial charge in [-0.1, -0.05) is 6.07 Å². The Bertz CT molecular complexity index is 809. The predicted molar refractivity (Wildman–Crippen MR) is 88.3 cm³/mol. The third-order valence-corrected chi connectivity index (χ3v) is 4.00. The number of nitrogens with one attached hydrogen (secondary N) is 1. The van der Waals surface area contributed by atoms with E-state index < -0.39 is 12.4 Å². The Kier molecular flexibility index (Phi) is 4.57. The van der Waals surface area contributed by atoms with Gasteiger partial charge in [0.2, 0.25) is 0 Å². The van der Waals surface area contributed by atoms with E-state index in [2.05, 4.69) is 10.1 Å². The zero-order valence-electron chi connectivity index (χ0n) is 13.7. The smallest absolute Gasteiger partial charge is 0.387 e. The third-order valence-electron chi connectivity index (χ3n) is 4.00. The van der Waals surface area contributed by atoms with E-state index >= 15 is 0 Å². The van der Waals surface area contributed by atoms with E-state index in [1.54, 1.807) is 23.1 Å². The molecule has 0 aromatic heterocycles. The van der Waals surface area contributed by atoms with Crippen molar-refractivity contribution in [1.29, 1.82) is 0 Å². The minimum Gasteiger partial charge on any atom is -0.435 e. The van der Waals surface area contributed by atoms with Crippen LogP contribution in [0.1, 0.15) is 24.2 Å². The van der Waals surface area contributed by atoms with Crippen LogP contribution in [0.15, 0.2) is 36.4 Å². The predicted octanol–water partition coefficient (Wildman–Crippen LogP) is 4.33. The second kappa shape index (κ2) is 6.66. The van der Waals surface area contributed by atoms with Crippen molar-refractivity contribution in [1.82, 2.24) is 4.90 Å². The molecule has 1 aliphatic heterocycles. The van der Waals surface area contributed by atoms with E-state index in [9.17, 15) is 18.0 Å². The Morgan fingerprint density at radius 1 is 1.12 bits per heavy atom. The fraction of sp³-hybridized carbons (Fsp3) is 0.278. The van der Waals surface area contributed by atoms with E-state index in [0.717, 1.165) is 6.07 Å². The van der Waals surface area contributed by atoms with Gasteiger partial charge in [-0.25, -0.2) is 4.39 Å². The van der Waals surface area contributed by atoms with Gasteiger partial charge >= 0.3 is 6.61 Å². The van der Waals surface area contributed by atoms with Gasteiger partial charge in [-0.2, -0.15) is 8.78 Å². The van der Waals surface area contributed by atoms with Crippen LogP contribution in [0.4, 0.5) is 18.9 Å². The Morgan fingerprint density at radius 2 is 1.88 bits per heavy atom. The summed E-state index contributed by atoms with van der Waals surface area (Å²) in [4.78, 5) is 14.2. The van der Waals surface area contributed by atoms with Crippen molar-refractivity contribution < 1.29 is 22.7 Å². The summed E-state index contributed by atoms with van der Waals surface area (Å²) in [6.45, 7) is 1.20. The number of fused-ring (bicyclic) bond motifs is 1. The maximum Gasteiger partial charge on any atom is 0.387 e. The monoisotopic (exact) mass is 350 g/mol. The highest BCUT2D eigenvalue weighted by Gasteiger charge is 2.26. The highest BCUT2D eigenvalue weighted by molar-refractivity contribution is 6.02. The van der Waals surface area contributed by atoms with Gasteiger partial charge < -0.3 is 15.0 Å². The molecular formula is C18H17F3N2O2. The first-order chi connectivity index (χ1) is 11.8. The van der Waals surface area contributed by atoms with Crippen molar-refractivity contribution >= 4 is 11.6 Å².